The minimum atomic E-state index is -1.25. The Hall–Kier alpha value is -1.10. The third-order valence-corrected chi connectivity index (χ3v) is 0.427. The van der Waals surface area contributed by atoms with E-state index in [0.29, 0.717) is 0 Å². The minimum Gasteiger partial charge on any atom is -0.481 e. The summed E-state index contributed by atoms with van der Waals surface area (Å²) in [6, 6.07) is 0. The van der Waals surface area contributed by atoms with E-state index in [4.69, 9.17) is 5.11 Å². The first kappa shape index (κ1) is 6.90. The van der Waals surface area contributed by atoms with Crippen molar-refractivity contribution in [1.82, 2.24) is 0 Å². The molecule has 0 aromatic carbocycles. The fourth-order valence-corrected chi connectivity index (χ4v) is 0.165. The number of carboxylic acid groups (broad SMARTS) is 1. The summed E-state index contributed by atoms with van der Waals surface area (Å²) >= 11 is 0. The Kier molecular flexibility index (Phi) is 2.57. The van der Waals surface area contributed by atoms with Crippen molar-refractivity contribution >= 4 is 11.9 Å². The van der Waals surface area contributed by atoms with Crippen LogP contribution in [0.4, 0.5) is 0 Å². The van der Waals surface area contributed by atoms with Gasteiger partial charge in [-0.1, -0.05) is 0 Å². The van der Waals surface area contributed by atoms with Gasteiger partial charge in [0.05, 0.1) is 0 Å². The molecule has 0 aromatic rings. The van der Waals surface area contributed by atoms with Crippen LogP contribution < -0.4 is 5.90 Å². The van der Waals surface area contributed by atoms with Gasteiger partial charge in [0, 0.05) is 0 Å². The molecule has 0 spiro atoms. The van der Waals surface area contributed by atoms with E-state index >= 15 is 0 Å². The average Bonchev–Trinajstić information content (AvgIpc) is 1.65. The van der Waals surface area contributed by atoms with Crippen molar-refractivity contribution in [2.45, 2.75) is 6.42 Å². The number of rotatable bonds is 2. The van der Waals surface area contributed by atoms with E-state index < -0.39 is 18.4 Å². The van der Waals surface area contributed by atoms with Crippen LogP contribution in [0.2, 0.25) is 0 Å². The minimum absolute atomic E-state index is 0.684. The molecule has 0 saturated heterocycles. The lowest BCUT2D eigenvalue weighted by molar-refractivity contribution is -0.151. The lowest BCUT2D eigenvalue weighted by Gasteiger charge is -1.89. The van der Waals surface area contributed by atoms with Gasteiger partial charge in [0.2, 0.25) is 0 Å². The zero-order valence-corrected chi connectivity index (χ0v) is 3.96. The average molecular weight is 119 g/mol. The summed E-state index contributed by atoms with van der Waals surface area (Å²) in [5, 5.41) is 7.86. The van der Waals surface area contributed by atoms with Gasteiger partial charge in [-0.2, -0.15) is 5.90 Å². The summed E-state index contributed by atoms with van der Waals surface area (Å²) in [7, 11) is 0. The standard InChI is InChI=1S/C3H5NO4/c4-8-3(7)1-2(5)6/h1,4H2,(H,5,6). The largest absolute Gasteiger partial charge is 0.481 e. The van der Waals surface area contributed by atoms with E-state index in [1.165, 1.54) is 0 Å². The van der Waals surface area contributed by atoms with Crippen molar-refractivity contribution in [1.29, 1.82) is 0 Å². The van der Waals surface area contributed by atoms with Crippen molar-refractivity contribution < 1.29 is 19.5 Å². The second kappa shape index (κ2) is 2.98. The van der Waals surface area contributed by atoms with Crippen LogP contribution in [0.25, 0.3) is 0 Å². The van der Waals surface area contributed by atoms with Crippen LogP contribution in [0.1, 0.15) is 6.42 Å². The zero-order valence-electron chi connectivity index (χ0n) is 3.96. The molecule has 0 fully saturated rings. The number of aliphatic carboxylic acids is 1. The molecule has 0 bridgehead atoms. The second-order valence-electron chi connectivity index (χ2n) is 1.06. The monoisotopic (exact) mass is 119 g/mol. The number of hydrogen-bond acceptors (Lipinski definition) is 4. The topological polar surface area (TPSA) is 89.6 Å². The molecule has 5 nitrogen and oxygen atoms in total. The molecule has 0 rings (SSSR count). The van der Waals surface area contributed by atoms with Gasteiger partial charge in [0.25, 0.3) is 0 Å². The highest BCUT2D eigenvalue weighted by Gasteiger charge is 2.05. The number of carbonyl (C=O) groups excluding carboxylic acids is 1. The van der Waals surface area contributed by atoms with Crippen molar-refractivity contribution in [3.63, 3.8) is 0 Å². The maximum absolute atomic E-state index is 9.89. The lowest BCUT2D eigenvalue weighted by atomic mass is 10.5. The molecule has 0 radical (unpaired) electrons. The van der Waals surface area contributed by atoms with Gasteiger partial charge in [0.15, 0.2) is 0 Å². The van der Waals surface area contributed by atoms with Gasteiger partial charge < -0.3 is 9.94 Å². The van der Waals surface area contributed by atoms with E-state index in [0.717, 1.165) is 0 Å². The summed E-state index contributed by atoms with van der Waals surface area (Å²) in [6.07, 6.45) is -0.684. The van der Waals surface area contributed by atoms with E-state index in [1.54, 1.807) is 0 Å². The van der Waals surface area contributed by atoms with Gasteiger partial charge in [0.1, 0.15) is 6.42 Å². The van der Waals surface area contributed by atoms with Crippen LogP contribution in [0, 0.1) is 0 Å². The van der Waals surface area contributed by atoms with E-state index in [-0.39, 0.29) is 0 Å². The van der Waals surface area contributed by atoms with Crippen molar-refractivity contribution in [3.05, 3.63) is 0 Å². The Bertz CT molecular complexity index is 110. The molecule has 0 aliphatic rings. The number of nitrogens with two attached hydrogens (primary N) is 1. The van der Waals surface area contributed by atoms with Crippen LogP contribution >= 0.6 is 0 Å². The number of carbonyl (C=O) groups is 2. The smallest absolute Gasteiger partial charge is 0.335 e. The Labute approximate surface area is 45.0 Å². The van der Waals surface area contributed by atoms with Gasteiger partial charge in [-0.05, 0) is 0 Å². The summed E-state index contributed by atoms with van der Waals surface area (Å²) in [5.41, 5.74) is 0. The van der Waals surface area contributed by atoms with E-state index in [2.05, 4.69) is 10.7 Å². The van der Waals surface area contributed by atoms with E-state index in [9.17, 15) is 9.59 Å². The maximum Gasteiger partial charge on any atom is 0.335 e. The fraction of sp³-hybridized carbons (Fsp3) is 0.333. The number of hydrogen-bond donors (Lipinski definition) is 2. The first-order valence-electron chi connectivity index (χ1n) is 1.78. The molecule has 0 saturated carbocycles. The SMILES string of the molecule is NOC(=O)CC(=O)O. The molecule has 0 aliphatic heterocycles. The van der Waals surface area contributed by atoms with Crippen molar-refractivity contribution in [3.8, 4) is 0 Å². The van der Waals surface area contributed by atoms with Gasteiger partial charge in [-0.3, -0.25) is 4.79 Å². The lowest BCUT2D eigenvalue weighted by Crippen LogP contribution is -2.13. The van der Waals surface area contributed by atoms with E-state index in [1.807, 2.05) is 0 Å². The normalized spacial score (nSPS) is 8.12. The molecule has 0 unspecified atom stereocenters. The number of carboxylic acids is 1. The first-order chi connectivity index (χ1) is 3.66. The molecule has 3 N–H and O–H groups in total. The molecular formula is C3H5NO4. The highest BCUT2D eigenvalue weighted by Crippen LogP contribution is 1.79. The summed E-state index contributed by atoms with van der Waals surface area (Å²) in [4.78, 5) is 23.0. The molecule has 46 valence electrons. The molecule has 0 aliphatic carbocycles. The van der Waals surface area contributed by atoms with Gasteiger partial charge in [-0.25, -0.2) is 4.79 Å². The summed E-state index contributed by atoms with van der Waals surface area (Å²) < 4.78 is 0. The maximum atomic E-state index is 9.89. The highest BCUT2D eigenvalue weighted by molar-refractivity contribution is 5.89. The van der Waals surface area contributed by atoms with Crippen LogP contribution in [-0.2, 0) is 14.4 Å². The molecule has 0 amide bonds. The van der Waals surface area contributed by atoms with Crippen LogP contribution in [0.15, 0.2) is 0 Å². The Balaban J connectivity index is 3.40. The van der Waals surface area contributed by atoms with Crippen LogP contribution in [-0.4, -0.2) is 17.0 Å². The molecule has 5 heteroatoms. The fourth-order valence-electron chi connectivity index (χ4n) is 0.165. The predicted octanol–water partition coefficient (Wildman–Crippen LogP) is -1.12. The predicted molar refractivity (Wildman–Crippen MR) is 22.5 cm³/mol. The Morgan fingerprint density at radius 2 is 2.12 bits per heavy atom. The van der Waals surface area contributed by atoms with Crippen LogP contribution in [0.3, 0.4) is 0 Å². The molecule has 0 aromatic heterocycles. The zero-order chi connectivity index (χ0) is 6.57. The Morgan fingerprint density at radius 1 is 1.62 bits per heavy atom. The van der Waals surface area contributed by atoms with Gasteiger partial charge >= 0.3 is 11.9 Å². The Morgan fingerprint density at radius 3 is 2.25 bits per heavy atom. The first-order valence-corrected chi connectivity index (χ1v) is 1.78. The quantitative estimate of drug-likeness (QED) is 0.355. The molecule has 8 heavy (non-hydrogen) atoms. The van der Waals surface area contributed by atoms with Crippen molar-refractivity contribution in [2.24, 2.45) is 5.90 Å². The third kappa shape index (κ3) is 3.10. The second-order valence-corrected chi connectivity index (χ2v) is 1.06. The third-order valence-electron chi connectivity index (χ3n) is 0.427. The molecule has 0 heterocycles. The molecular weight excluding hydrogens is 114 g/mol. The molecule has 0 atom stereocenters. The summed E-state index contributed by atoms with van der Waals surface area (Å²) in [5.74, 6) is 2.11. The summed E-state index contributed by atoms with van der Waals surface area (Å²) in [6.45, 7) is 0. The highest BCUT2D eigenvalue weighted by atomic mass is 16.7. The van der Waals surface area contributed by atoms with Crippen LogP contribution in [0.5, 0.6) is 0 Å². The van der Waals surface area contributed by atoms with Gasteiger partial charge in [-0.15, -0.1) is 0 Å². The van der Waals surface area contributed by atoms with Crippen molar-refractivity contribution in [2.75, 3.05) is 0 Å².